The van der Waals surface area contributed by atoms with Crippen LogP contribution >= 0.6 is 0 Å². The number of unbranched alkanes of at least 4 members (excludes halogenated alkanes) is 22. The van der Waals surface area contributed by atoms with Crippen LogP contribution in [0.3, 0.4) is 0 Å². The van der Waals surface area contributed by atoms with Crippen molar-refractivity contribution < 1.29 is 24.5 Å². The monoisotopic (exact) mass is 836 g/mol. The van der Waals surface area contributed by atoms with Gasteiger partial charge in [-0.3, -0.25) is 9.59 Å². The molecule has 0 spiro atoms. The second-order valence-corrected chi connectivity index (χ2v) is 16.6. The van der Waals surface area contributed by atoms with Crippen molar-refractivity contribution >= 4 is 11.9 Å². The van der Waals surface area contributed by atoms with Gasteiger partial charge in [-0.15, -0.1) is 0 Å². The van der Waals surface area contributed by atoms with E-state index < -0.39 is 18.2 Å². The Balaban J connectivity index is 4.72. The van der Waals surface area contributed by atoms with Crippen molar-refractivity contribution in [3.05, 3.63) is 85.1 Å². The molecule has 0 bridgehead atoms. The molecule has 3 N–H and O–H groups in total. The van der Waals surface area contributed by atoms with E-state index >= 15 is 0 Å². The Morgan fingerprint density at radius 2 is 0.900 bits per heavy atom. The number of allylic oxidation sites excluding steroid dienone is 14. The molecule has 0 rings (SSSR count). The number of ether oxygens (including phenoxy) is 1. The maximum atomic E-state index is 13.2. The van der Waals surface area contributed by atoms with Crippen LogP contribution in [0.1, 0.15) is 220 Å². The number of hydrogen-bond acceptors (Lipinski definition) is 5. The van der Waals surface area contributed by atoms with Crippen LogP contribution < -0.4 is 5.32 Å². The largest absolute Gasteiger partial charge is 0.462 e. The van der Waals surface area contributed by atoms with Crippen LogP contribution in [0.4, 0.5) is 0 Å². The van der Waals surface area contributed by atoms with Crippen molar-refractivity contribution in [2.45, 2.75) is 238 Å². The van der Waals surface area contributed by atoms with Crippen molar-refractivity contribution in [1.29, 1.82) is 0 Å². The van der Waals surface area contributed by atoms with Crippen LogP contribution in [0.15, 0.2) is 85.1 Å². The van der Waals surface area contributed by atoms with Gasteiger partial charge in [0.15, 0.2) is 0 Å². The van der Waals surface area contributed by atoms with Gasteiger partial charge in [-0.1, -0.05) is 221 Å². The summed E-state index contributed by atoms with van der Waals surface area (Å²) in [6, 6.07) is -0.720. The second kappa shape index (κ2) is 47.1. The zero-order valence-electron chi connectivity index (χ0n) is 39.1. The Labute approximate surface area is 370 Å². The van der Waals surface area contributed by atoms with E-state index in [0.29, 0.717) is 19.3 Å². The van der Waals surface area contributed by atoms with E-state index in [2.05, 4.69) is 105 Å². The lowest BCUT2D eigenvalue weighted by Gasteiger charge is -2.24. The first-order valence-corrected chi connectivity index (χ1v) is 24.9. The Hall–Kier alpha value is -2.96. The third kappa shape index (κ3) is 41.8. The highest BCUT2D eigenvalue weighted by Gasteiger charge is 2.24. The van der Waals surface area contributed by atoms with Crippen molar-refractivity contribution in [2.24, 2.45) is 0 Å². The molecule has 0 fully saturated rings. The zero-order valence-corrected chi connectivity index (χ0v) is 39.1. The Morgan fingerprint density at radius 1 is 0.500 bits per heavy atom. The minimum Gasteiger partial charge on any atom is -0.462 e. The first-order chi connectivity index (χ1) is 29.5. The molecule has 0 aromatic heterocycles. The van der Waals surface area contributed by atoms with Crippen LogP contribution in [0.5, 0.6) is 0 Å². The molecule has 3 unspecified atom stereocenters. The fraction of sp³-hybridized carbons (Fsp3) is 0.704. The smallest absolute Gasteiger partial charge is 0.306 e. The van der Waals surface area contributed by atoms with Crippen LogP contribution in [0.25, 0.3) is 0 Å². The summed E-state index contributed by atoms with van der Waals surface area (Å²) in [6.07, 6.45) is 60.6. The van der Waals surface area contributed by atoms with Gasteiger partial charge >= 0.3 is 5.97 Å². The highest BCUT2D eigenvalue weighted by molar-refractivity contribution is 5.77. The summed E-state index contributed by atoms with van der Waals surface area (Å²) >= 11 is 0. The van der Waals surface area contributed by atoms with Gasteiger partial charge in [-0.25, -0.2) is 0 Å². The van der Waals surface area contributed by atoms with E-state index in [4.69, 9.17) is 4.74 Å². The number of esters is 1. The maximum Gasteiger partial charge on any atom is 0.306 e. The quantitative estimate of drug-likeness (QED) is 0.0323. The highest BCUT2D eigenvalue weighted by Crippen LogP contribution is 2.17. The fourth-order valence-corrected chi connectivity index (χ4v) is 7.09. The predicted molar refractivity (Wildman–Crippen MR) is 259 cm³/mol. The van der Waals surface area contributed by atoms with Gasteiger partial charge in [0.25, 0.3) is 0 Å². The second-order valence-electron chi connectivity index (χ2n) is 16.6. The Bertz CT molecular complexity index is 1160. The van der Waals surface area contributed by atoms with Crippen LogP contribution in [-0.2, 0) is 14.3 Å². The lowest BCUT2D eigenvalue weighted by Crippen LogP contribution is -2.46. The molecule has 0 heterocycles. The summed E-state index contributed by atoms with van der Waals surface area (Å²) in [5.74, 6) is -0.532. The standard InChI is InChI=1S/C54H93NO5/c1-4-7-10-13-16-19-22-24-26-28-29-31-33-36-39-42-45-50(60-54(59)47-44-41-38-35-32-30-27-25-23-20-17-14-11-8-5-2)48-53(58)55-51(49-56)52(57)46-43-40-37-34-21-18-15-12-9-6-3/h8,11,14,16-17,19-20,22-24,26,28-29,31,50-52,56-57H,4-7,9-10,12-13,15,18,21,25,27,30,32-49H2,1-3H3,(H,55,58)/b11-8+,17-14+,19-16+,23-20+,24-22+,28-26+,31-29+. The maximum absolute atomic E-state index is 13.2. The number of aliphatic hydroxyl groups excluding tert-OH is 2. The normalized spacial score (nSPS) is 14.0. The molecule has 0 aliphatic carbocycles. The number of hydrogen-bond donors (Lipinski definition) is 3. The van der Waals surface area contributed by atoms with Crippen molar-refractivity contribution in [1.82, 2.24) is 5.32 Å². The summed E-state index contributed by atoms with van der Waals surface area (Å²) in [7, 11) is 0. The van der Waals surface area contributed by atoms with Crippen molar-refractivity contribution in [3.8, 4) is 0 Å². The molecule has 0 aliphatic rings. The molecule has 0 radical (unpaired) electrons. The van der Waals surface area contributed by atoms with E-state index in [1.807, 2.05) is 6.08 Å². The average Bonchev–Trinajstić information content (AvgIpc) is 3.24. The first-order valence-electron chi connectivity index (χ1n) is 24.9. The van der Waals surface area contributed by atoms with Crippen LogP contribution in [0.2, 0.25) is 0 Å². The van der Waals surface area contributed by atoms with Crippen molar-refractivity contribution in [2.75, 3.05) is 6.61 Å². The van der Waals surface area contributed by atoms with Gasteiger partial charge < -0.3 is 20.3 Å². The lowest BCUT2D eigenvalue weighted by molar-refractivity contribution is -0.151. The van der Waals surface area contributed by atoms with Gasteiger partial charge in [0.2, 0.25) is 5.91 Å². The van der Waals surface area contributed by atoms with E-state index in [9.17, 15) is 19.8 Å². The number of amides is 1. The zero-order chi connectivity index (χ0) is 43.8. The lowest BCUT2D eigenvalue weighted by atomic mass is 10.0. The number of nitrogens with one attached hydrogen (secondary N) is 1. The summed E-state index contributed by atoms with van der Waals surface area (Å²) in [4.78, 5) is 26.1. The number of aliphatic hydroxyl groups is 2. The molecular formula is C54H93NO5. The summed E-state index contributed by atoms with van der Waals surface area (Å²) in [5, 5.41) is 23.7. The minimum absolute atomic E-state index is 0.0424. The van der Waals surface area contributed by atoms with E-state index in [1.54, 1.807) is 0 Å². The fourth-order valence-electron chi connectivity index (χ4n) is 7.09. The summed E-state index contributed by atoms with van der Waals surface area (Å²) in [5.41, 5.74) is 0. The molecular weight excluding hydrogens is 743 g/mol. The Kier molecular flexibility index (Phi) is 44.8. The average molecular weight is 836 g/mol. The topological polar surface area (TPSA) is 95.9 Å². The molecule has 0 saturated carbocycles. The molecule has 0 aromatic carbocycles. The van der Waals surface area contributed by atoms with Gasteiger partial charge in [-0.05, 0) is 70.6 Å². The predicted octanol–water partition coefficient (Wildman–Crippen LogP) is 14.8. The third-order valence-electron chi connectivity index (χ3n) is 10.9. The van der Waals surface area contributed by atoms with Gasteiger partial charge in [0.05, 0.1) is 25.2 Å². The Morgan fingerprint density at radius 3 is 1.42 bits per heavy atom. The number of rotatable bonds is 43. The minimum atomic E-state index is -0.803. The molecule has 1 amide bonds. The molecule has 3 atom stereocenters. The van der Waals surface area contributed by atoms with E-state index in [-0.39, 0.29) is 24.9 Å². The SMILES string of the molecule is CC/C=C/C=C/C=C/CCCCCCCCCC(=O)OC(CCCCC/C=C/C=C/C=C/C=C/CCCCC)CC(=O)NC(CO)C(O)CCCCCCCCCCCC. The van der Waals surface area contributed by atoms with Gasteiger partial charge in [0, 0.05) is 6.42 Å². The molecule has 6 heteroatoms. The van der Waals surface area contributed by atoms with Gasteiger partial charge in [-0.2, -0.15) is 0 Å². The molecule has 60 heavy (non-hydrogen) atoms. The van der Waals surface area contributed by atoms with E-state index in [1.165, 1.54) is 89.9 Å². The van der Waals surface area contributed by atoms with Gasteiger partial charge in [0.1, 0.15) is 6.10 Å². The third-order valence-corrected chi connectivity index (χ3v) is 10.9. The summed E-state index contributed by atoms with van der Waals surface area (Å²) in [6.45, 7) is 6.28. The molecule has 0 aromatic rings. The van der Waals surface area contributed by atoms with Crippen LogP contribution in [0, 0.1) is 0 Å². The highest BCUT2D eigenvalue weighted by atomic mass is 16.5. The molecule has 0 saturated heterocycles. The van der Waals surface area contributed by atoms with E-state index in [0.717, 1.165) is 83.5 Å². The number of carbonyl (C=O) groups is 2. The first kappa shape index (κ1) is 57.0. The van der Waals surface area contributed by atoms with Crippen LogP contribution in [-0.4, -0.2) is 46.9 Å². The van der Waals surface area contributed by atoms with Crippen molar-refractivity contribution in [3.63, 3.8) is 0 Å². The molecule has 0 aliphatic heterocycles. The molecule has 6 nitrogen and oxygen atoms in total. The number of carbonyl (C=O) groups excluding carboxylic acids is 2. The summed E-state index contributed by atoms with van der Waals surface area (Å²) < 4.78 is 5.91. The molecule has 344 valence electrons.